The van der Waals surface area contributed by atoms with Gasteiger partial charge < -0.3 is 15.3 Å². The molecule has 0 aliphatic heterocycles. The standard InChI is InChI=1S/C17H29ClN2O/c1-14(2)12-19-13-15-7-8-17(16(18)11-15)20(3)9-5-4-6-10-21/h7-8,11,14,19,21H,4-6,9-10,12-13H2,1-3H3. The van der Waals surface area contributed by atoms with Gasteiger partial charge in [-0.05, 0) is 49.4 Å². The monoisotopic (exact) mass is 312 g/mol. The van der Waals surface area contributed by atoms with Crippen molar-refractivity contribution < 1.29 is 5.11 Å². The maximum atomic E-state index is 8.79. The molecule has 0 fully saturated rings. The molecule has 0 amide bonds. The van der Waals surface area contributed by atoms with Crippen LogP contribution in [-0.4, -0.2) is 31.9 Å². The van der Waals surface area contributed by atoms with E-state index in [1.54, 1.807) is 0 Å². The van der Waals surface area contributed by atoms with E-state index in [9.17, 15) is 0 Å². The quantitative estimate of drug-likeness (QED) is 0.647. The van der Waals surface area contributed by atoms with Gasteiger partial charge in [-0.15, -0.1) is 0 Å². The van der Waals surface area contributed by atoms with Crippen molar-refractivity contribution in [2.75, 3.05) is 31.6 Å². The predicted molar refractivity (Wildman–Crippen MR) is 92.2 cm³/mol. The molecule has 0 radical (unpaired) electrons. The van der Waals surface area contributed by atoms with Gasteiger partial charge in [0, 0.05) is 26.7 Å². The minimum Gasteiger partial charge on any atom is -0.396 e. The number of nitrogens with one attached hydrogen (secondary N) is 1. The van der Waals surface area contributed by atoms with Gasteiger partial charge in [0.25, 0.3) is 0 Å². The number of hydrogen-bond acceptors (Lipinski definition) is 3. The SMILES string of the molecule is CC(C)CNCc1ccc(N(C)CCCCCO)c(Cl)c1. The van der Waals surface area contributed by atoms with Crippen molar-refractivity contribution in [1.82, 2.24) is 5.32 Å². The first-order chi connectivity index (χ1) is 10.0. The zero-order chi connectivity index (χ0) is 15.7. The Hall–Kier alpha value is -0.770. The van der Waals surface area contributed by atoms with Crippen LogP contribution >= 0.6 is 11.6 Å². The van der Waals surface area contributed by atoms with E-state index < -0.39 is 0 Å². The van der Waals surface area contributed by atoms with E-state index >= 15 is 0 Å². The summed E-state index contributed by atoms with van der Waals surface area (Å²) in [4.78, 5) is 2.19. The second kappa shape index (κ2) is 10.0. The van der Waals surface area contributed by atoms with Gasteiger partial charge in [-0.2, -0.15) is 0 Å². The van der Waals surface area contributed by atoms with Crippen LogP contribution in [0.1, 0.15) is 38.7 Å². The third kappa shape index (κ3) is 7.16. The first-order valence-electron chi connectivity index (χ1n) is 7.85. The highest BCUT2D eigenvalue weighted by Gasteiger charge is 2.07. The van der Waals surface area contributed by atoms with Crippen molar-refractivity contribution >= 4 is 17.3 Å². The fraction of sp³-hybridized carbons (Fsp3) is 0.647. The maximum Gasteiger partial charge on any atom is 0.0642 e. The van der Waals surface area contributed by atoms with Gasteiger partial charge in [0.2, 0.25) is 0 Å². The predicted octanol–water partition coefficient (Wildman–Crippen LogP) is 3.68. The molecule has 2 N–H and O–H groups in total. The van der Waals surface area contributed by atoms with Gasteiger partial charge in [-0.25, -0.2) is 0 Å². The van der Waals surface area contributed by atoms with Crippen molar-refractivity contribution in [2.24, 2.45) is 5.92 Å². The molecule has 3 nitrogen and oxygen atoms in total. The molecule has 21 heavy (non-hydrogen) atoms. The summed E-state index contributed by atoms with van der Waals surface area (Å²) in [6.45, 7) is 7.53. The molecule has 0 aliphatic carbocycles. The van der Waals surface area contributed by atoms with Crippen LogP contribution in [0.2, 0.25) is 5.02 Å². The molecule has 0 aromatic heterocycles. The van der Waals surface area contributed by atoms with E-state index in [4.69, 9.17) is 16.7 Å². The Morgan fingerprint density at radius 3 is 2.62 bits per heavy atom. The van der Waals surface area contributed by atoms with E-state index in [-0.39, 0.29) is 6.61 Å². The summed E-state index contributed by atoms with van der Waals surface area (Å²) >= 11 is 6.40. The minimum absolute atomic E-state index is 0.280. The summed E-state index contributed by atoms with van der Waals surface area (Å²) in [6.07, 6.45) is 3.00. The lowest BCUT2D eigenvalue weighted by Crippen LogP contribution is -2.20. The molecular weight excluding hydrogens is 284 g/mol. The van der Waals surface area contributed by atoms with Crippen molar-refractivity contribution in [3.05, 3.63) is 28.8 Å². The number of halogens is 1. The van der Waals surface area contributed by atoms with Crippen LogP contribution in [-0.2, 0) is 6.54 Å². The average Bonchev–Trinajstić information content (AvgIpc) is 2.43. The molecule has 120 valence electrons. The van der Waals surface area contributed by atoms with E-state index in [2.05, 4.69) is 49.3 Å². The molecule has 1 rings (SSSR count). The number of unbranched alkanes of at least 4 members (excludes halogenated alkanes) is 2. The van der Waals surface area contributed by atoms with Crippen molar-refractivity contribution in [1.29, 1.82) is 0 Å². The largest absolute Gasteiger partial charge is 0.396 e. The highest BCUT2D eigenvalue weighted by atomic mass is 35.5. The summed E-state index contributed by atoms with van der Waals surface area (Å²) in [5.41, 5.74) is 2.30. The normalized spacial score (nSPS) is 11.1. The van der Waals surface area contributed by atoms with E-state index in [1.807, 2.05) is 0 Å². The highest BCUT2D eigenvalue weighted by Crippen LogP contribution is 2.26. The first kappa shape index (κ1) is 18.3. The van der Waals surface area contributed by atoms with Gasteiger partial charge in [0.05, 0.1) is 10.7 Å². The molecular formula is C17H29ClN2O. The molecule has 0 heterocycles. The Labute approximate surface area is 134 Å². The van der Waals surface area contributed by atoms with Gasteiger partial charge in [0.1, 0.15) is 0 Å². The summed E-state index contributed by atoms with van der Waals surface area (Å²) in [5, 5.41) is 13.0. The fourth-order valence-electron chi connectivity index (χ4n) is 2.23. The smallest absolute Gasteiger partial charge is 0.0642 e. The fourth-order valence-corrected chi connectivity index (χ4v) is 2.58. The molecule has 0 atom stereocenters. The second-order valence-electron chi connectivity index (χ2n) is 6.02. The zero-order valence-electron chi connectivity index (χ0n) is 13.5. The van der Waals surface area contributed by atoms with E-state index in [1.165, 1.54) is 5.56 Å². The molecule has 1 aromatic rings. The lowest BCUT2D eigenvalue weighted by atomic mass is 10.1. The second-order valence-corrected chi connectivity index (χ2v) is 6.42. The van der Waals surface area contributed by atoms with Gasteiger partial charge in [-0.1, -0.05) is 31.5 Å². The molecule has 0 aliphatic rings. The topological polar surface area (TPSA) is 35.5 Å². The van der Waals surface area contributed by atoms with Crippen molar-refractivity contribution in [2.45, 2.75) is 39.7 Å². The Balaban J connectivity index is 2.48. The van der Waals surface area contributed by atoms with Gasteiger partial charge in [0.15, 0.2) is 0 Å². The molecule has 0 saturated heterocycles. The van der Waals surface area contributed by atoms with Crippen LogP contribution < -0.4 is 10.2 Å². The summed E-state index contributed by atoms with van der Waals surface area (Å²) in [5.74, 6) is 0.657. The average molecular weight is 313 g/mol. The Bertz CT molecular complexity index is 410. The highest BCUT2D eigenvalue weighted by molar-refractivity contribution is 6.33. The van der Waals surface area contributed by atoms with Gasteiger partial charge >= 0.3 is 0 Å². The molecule has 4 heteroatoms. The van der Waals surface area contributed by atoms with Gasteiger partial charge in [-0.3, -0.25) is 0 Å². The molecule has 0 unspecified atom stereocenters. The number of benzene rings is 1. The Kier molecular flexibility index (Phi) is 8.74. The maximum absolute atomic E-state index is 8.79. The van der Waals surface area contributed by atoms with Crippen LogP contribution in [0, 0.1) is 5.92 Å². The summed E-state index contributed by atoms with van der Waals surface area (Å²) < 4.78 is 0. The lowest BCUT2D eigenvalue weighted by Gasteiger charge is -2.21. The summed E-state index contributed by atoms with van der Waals surface area (Å²) in [6, 6.07) is 6.29. The number of rotatable bonds is 10. The van der Waals surface area contributed by atoms with Crippen molar-refractivity contribution in [3.63, 3.8) is 0 Å². The molecule has 0 bridgehead atoms. The lowest BCUT2D eigenvalue weighted by molar-refractivity contribution is 0.283. The summed E-state index contributed by atoms with van der Waals surface area (Å²) in [7, 11) is 2.07. The third-order valence-electron chi connectivity index (χ3n) is 3.46. The van der Waals surface area contributed by atoms with Crippen LogP contribution in [0.5, 0.6) is 0 Å². The third-order valence-corrected chi connectivity index (χ3v) is 3.76. The Morgan fingerprint density at radius 2 is 2.00 bits per heavy atom. The van der Waals surface area contributed by atoms with Crippen molar-refractivity contribution in [3.8, 4) is 0 Å². The number of aliphatic hydroxyl groups is 1. The number of aliphatic hydroxyl groups excluding tert-OH is 1. The van der Waals surface area contributed by atoms with Crippen LogP contribution in [0.15, 0.2) is 18.2 Å². The Morgan fingerprint density at radius 1 is 1.24 bits per heavy atom. The van der Waals surface area contributed by atoms with E-state index in [0.29, 0.717) is 5.92 Å². The van der Waals surface area contributed by atoms with Crippen LogP contribution in [0.4, 0.5) is 5.69 Å². The number of nitrogens with zero attached hydrogens (tertiary/aromatic N) is 1. The van der Waals surface area contributed by atoms with Crippen LogP contribution in [0.3, 0.4) is 0 Å². The number of hydrogen-bond donors (Lipinski definition) is 2. The first-order valence-corrected chi connectivity index (χ1v) is 8.23. The van der Waals surface area contributed by atoms with Crippen LogP contribution in [0.25, 0.3) is 0 Å². The number of anilines is 1. The molecule has 1 aromatic carbocycles. The molecule has 0 spiro atoms. The minimum atomic E-state index is 0.280. The zero-order valence-corrected chi connectivity index (χ0v) is 14.3. The molecule has 0 saturated carbocycles. The van der Waals surface area contributed by atoms with E-state index in [0.717, 1.165) is 49.6 Å².